The molecular formula is C19H21NO8. The number of methoxy groups -OCH3 is 2. The van der Waals surface area contributed by atoms with E-state index in [4.69, 9.17) is 24.4 Å². The van der Waals surface area contributed by atoms with E-state index >= 15 is 0 Å². The highest BCUT2D eigenvalue weighted by Crippen LogP contribution is 2.34. The lowest BCUT2D eigenvalue weighted by Gasteiger charge is -2.18. The molecular weight excluding hydrogens is 370 g/mol. The van der Waals surface area contributed by atoms with E-state index in [0.717, 1.165) is 6.07 Å². The molecule has 1 amide bonds. The van der Waals surface area contributed by atoms with E-state index in [1.54, 1.807) is 24.3 Å². The van der Waals surface area contributed by atoms with Crippen LogP contribution in [0.25, 0.3) is 0 Å². The highest BCUT2D eigenvalue weighted by Gasteiger charge is 2.26. The van der Waals surface area contributed by atoms with Gasteiger partial charge in [-0.2, -0.15) is 0 Å². The summed E-state index contributed by atoms with van der Waals surface area (Å²) in [6.07, 6.45) is -0.176. The van der Waals surface area contributed by atoms with Crippen molar-refractivity contribution in [2.24, 2.45) is 5.73 Å². The van der Waals surface area contributed by atoms with Gasteiger partial charge in [-0.25, -0.2) is 0 Å². The number of hydrogen-bond donors (Lipinski definition) is 2. The number of carbonyl (C=O) groups excluding carboxylic acids is 2. The number of ether oxygens (including phenoxy) is 3. The van der Waals surface area contributed by atoms with Crippen LogP contribution >= 0.6 is 0 Å². The highest BCUT2D eigenvalue weighted by atomic mass is 16.5. The molecule has 0 saturated heterocycles. The van der Waals surface area contributed by atoms with Gasteiger partial charge in [-0.05, 0) is 17.7 Å². The van der Waals surface area contributed by atoms with Crippen molar-refractivity contribution in [2.75, 3.05) is 20.8 Å². The van der Waals surface area contributed by atoms with Crippen LogP contribution in [0.1, 0.15) is 29.4 Å². The van der Waals surface area contributed by atoms with Crippen molar-refractivity contribution in [1.29, 1.82) is 0 Å². The molecule has 9 nitrogen and oxygen atoms in total. The second kappa shape index (κ2) is 9.56. The van der Waals surface area contributed by atoms with E-state index in [9.17, 15) is 19.5 Å². The fraction of sp³-hybridized carbons (Fsp3) is 0.316. The van der Waals surface area contributed by atoms with Gasteiger partial charge in [0.15, 0.2) is 12.4 Å². The molecule has 0 fully saturated rings. The Morgan fingerprint density at radius 1 is 1.21 bits per heavy atom. The predicted molar refractivity (Wildman–Crippen MR) is 97.0 cm³/mol. The zero-order valence-corrected chi connectivity index (χ0v) is 15.5. The summed E-state index contributed by atoms with van der Waals surface area (Å²) >= 11 is 0. The maximum atomic E-state index is 12.1. The number of carbonyl (C=O) groups is 2. The SMILES string of the molecule is COCc1cc(=O)c(O)c(C(CC(=O)OC)c2ccc(OCC(N)=O)cc2)o1. The number of nitrogens with two attached hydrogens (primary N) is 1. The van der Waals surface area contributed by atoms with E-state index in [-0.39, 0.29) is 31.2 Å². The molecule has 1 aromatic heterocycles. The lowest BCUT2D eigenvalue weighted by Crippen LogP contribution is -2.20. The van der Waals surface area contributed by atoms with Crippen LogP contribution in [0.2, 0.25) is 0 Å². The fourth-order valence-electron chi connectivity index (χ4n) is 2.57. The van der Waals surface area contributed by atoms with Gasteiger partial charge in [-0.1, -0.05) is 12.1 Å². The van der Waals surface area contributed by atoms with Gasteiger partial charge in [0.05, 0.1) is 19.4 Å². The molecule has 28 heavy (non-hydrogen) atoms. The van der Waals surface area contributed by atoms with Gasteiger partial charge >= 0.3 is 5.97 Å². The van der Waals surface area contributed by atoms with Crippen LogP contribution in [0.5, 0.6) is 11.5 Å². The number of rotatable bonds is 9. The van der Waals surface area contributed by atoms with Gasteiger partial charge in [0.1, 0.15) is 18.1 Å². The summed E-state index contributed by atoms with van der Waals surface area (Å²) in [7, 11) is 2.67. The van der Waals surface area contributed by atoms with Gasteiger partial charge in [-0.3, -0.25) is 14.4 Å². The monoisotopic (exact) mass is 391 g/mol. The summed E-state index contributed by atoms with van der Waals surface area (Å²) in [4.78, 5) is 34.8. The summed E-state index contributed by atoms with van der Waals surface area (Å²) in [5.41, 5.74) is 4.95. The minimum Gasteiger partial charge on any atom is -0.502 e. The van der Waals surface area contributed by atoms with Crippen molar-refractivity contribution in [3.05, 3.63) is 57.6 Å². The molecule has 0 aliphatic heterocycles. The van der Waals surface area contributed by atoms with Crippen molar-refractivity contribution >= 4 is 11.9 Å². The van der Waals surface area contributed by atoms with Crippen LogP contribution in [0.3, 0.4) is 0 Å². The smallest absolute Gasteiger partial charge is 0.306 e. The number of hydrogen-bond acceptors (Lipinski definition) is 8. The number of aromatic hydroxyl groups is 1. The van der Waals surface area contributed by atoms with Crippen LogP contribution in [0.15, 0.2) is 39.5 Å². The third-order valence-corrected chi connectivity index (χ3v) is 3.87. The molecule has 9 heteroatoms. The highest BCUT2D eigenvalue weighted by molar-refractivity contribution is 5.75. The van der Waals surface area contributed by atoms with Crippen LogP contribution in [-0.4, -0.2) is 37.8 Å². The predicted octanol–water partition coefficient (Wildman–Crippen LogP) is 1.05. The minimum atomic E-state index is -0.790. The molecule has 2 rings (SSSR count). The summed E-state index contributed by atoms with van der Waals surface area (Å²) in [5.74, 6) is -2.04. The normalized spacial score (nSPS) is 11.6. The first kappa shape index (κ1) is 21.0. The van der Waals surface area contributed by atoms with E-state index in [1.807, 2.05) is 0 Å². The second-order valence-electron chi connectivity index (χ2n) is 5.88. The third-order valence-electron chi connectivity index (χ3n) is 3.87. The van der Waals surface area contributed by atoms with E-state index in [2.05, 4.69) is 0 Å². The molecule has 1 atom stereocenters. The summed E-state index contributed by atoms with van der Waals surface area (Å²) in [5, 5.41) is 10.2. The maximum absolute atomic E-state index is 12.1. The van der Waals surface area contributed by atoms with E-state index in [1.165, 1.54) is 14.2 Å². The summed E-state index contributed by atoms with van der Waals surface area (Å²) in [6.45, 7) is -0.257. The average Bonchev–Trinajstić information content (AvgIpc) is 2.68. The van der Waals surface area contributed by atoms with Crippen molar-refractivity contribution in [1.82, 2.24) is 0 Å². The first-order chi connectivity index (χ1) is 13.3. The van der Waals surface area contributed by atoms with Crippen LogP contribution in [0.4, 0.5) is 0 Å². The van der Waals surface area contributed by atoms with Crippen molar-refractivity contribution < 1.29 is 33.3 Å². The van der Waals surface area contributed by atoms with Crippen molar-refractivity contribution in [3.63, 3.8) is 0 Å². The maximum Gasteiger partial charge on any atom is 0.306 e. The molecule has 0 aliphatic carbocycles. The average molecular weight is 391 g/mol. The van der Waals surface area contributed by atoms with Gasteiger partial charge in [0.2, 0.25) is 11.2 Å². The molecule has 0 saturated carbocycles. The molecule has 3 N–H and O–H groups in total. The molecule has 150 valence electrons. The number of esters is 1. The Morgan fingerprint density at radius 3 is 2.46 bits per heavy atom. The lowest BCUT2D eigenvalue weighted by molar-refractivity contribution is -0.141. The van der Waals surface area contributed by atoms with Crippen LogP contribution < -0.4 is 15.9 Å². The van der Waals surface area contributed by atoms with Crippen LogP contribution in [-0.2, 0) is 25.7 Å². The van der Waals surface area contributed by atoms with Gasteiger partial charge in [0.25, 0.3) is 5.91 Å². The molecule has 2 aromatic rings. The number of primary amides is 1. The minimum absolute atomic E-state index is 0.0212. The topological polar surface area (TPSA) is 138 Å². The number of amides is 1. The second-order valence-corrected chi connectivity index (χ2v) is 5.88. The molecule has 0 spiro atoms. The van der Waals surface area contributed by atoms with E-state index in [0.29, 0.717) is 11.3 Å². The first-order valence-corrected chi connectivity index (χ1v) is 8.28. The molecule has 1 heterocycles. The summed E-state index contributed by atoms with van der Waals surface area (Å²) in [6, 6.07) is 7.49. The Morgan fingerprint density at radius 2 is 1.89 bits per heavy atom. The molecule has 0 aliphatic rings. The van der Waals surface area contributed by atoms with Gasteiger partial charge in [-0.15, -0.1) is 0 Å². The molecule has 0 bridgehead atoms. The van der Waals surface area contributed by atoms with Crippen molar-refractivity contribution in [2.45, 2.75) is 18.9 Å². The Labute approximate surface area is 160 Å². The van der Waals surface area contributed by atoms with E-state index < -0.39 is 29.0 Å². The van der Waals surface area contributed by atoms with Gasteiger partial charge < -0.3 is 29.5 Å². The van der Waals surface area contributed by atoms with Gasteiger partial charge in [0, 0.05) is 13.2 Å². The first-order valence-electron chi connectivity index (χ1n) is 8.28. The largest absolute Gasteiger partial charge is 0.502 e. The van der Waals surface area contributed by atoms with Crippen molar-refractivity contribution in [3.8, 4) is 11.5 Å². The van der Waals surface area contributed by atoms with Crippen LogP contribution in [0, 0.1) is 0 Å². The molecule has 0 radical (unpaired) electrons. The standard InChI is InChI=1S/C19H21NO8/c1-25-9-13-7-15(21)18(24)19(28-13)14(8-17(23)26-2)11-3-5-12(6-4-11)27-10-16(20)22/h3-7,14,24H,8-10H2,1-2H3,(H2,20,22). The Balaban J connectivity index is 2.44. The summed E-state index contributed by atoms with van der Waals surface area (Å²) < 4.78 is 20.5. The Hall–Kier alpha value is -3.33. The Bertz CT molecular complexity index is 888. The third kappa shape index (κ3) is 5.34. The zero-order valence-electron chi connectivity index (χ0n) is 15.5. The fourth-order valence-corrected chi connectivity index (χ4v) is 2.57. The molecule has 1 unspecified atom stereocenters. The lowest BCUT2D eigenvalue weighted by atomic mass is 9.92. The molecule has 1 aromatic carbocycles. The quantitative estimate of drug-likeness (QED) is 0.605. The zero-order chi connectivity index (χ0) is 20.7. The number of benzene rings is 1. The Kier molecular flexibility index (Phi) is 7.16.